The quantitative estimate of drug-likeness (QED) is 0.720. The predicted molar refractivity (Wildman–Crippen MR) is 97.1 cm³/mol. The first kappa shape index (κ1) is 15.5. The van der Waals surface area contributed by atoms with Crippen LogP contribution >= 0.6 is 0 Å². The number of rotatable bonds is 3. The van der Waals surface area contributed by atoms with Gasteiger partial charge in [0.25, 0.3) is 6.01 Å². The molecule has 5 rings (SSSR count). The third kappa shape index (κ3) is 2.87. The highest BCUT2D eigenvalue weighted by molar-refractivity contribution is 5.74. The van der Waals surface area contributed by atoms with Crippen LogP contribution in [0.2, 0.25) is 0 Å². The summed E-state index contributed by atoms with van der Waals surface area (Å²) in [4.78, 5) is 18.2. The second-order valence-electron chi connectivity index (χ2n) is 7.08. The molecular formula is C19H20FN5O. The molecule has 1 aliphatic heterocycles. The summed E-state index contributed by atoms with van der Waals surface area (Å²) in [7, 11) is 0. The first-order valence-corrected chi connectivity index (χ1v) is 9.07. The van der Waals surface area contributed by atoms with E-state index in [1.807, 2.05) is 6.92 Å². The van der Waals surface area contributed by atoms with Gasteiger partial charge in [-0.2, -0.15) is 4.98 Å². The molecule has 3 aromatic rings. The van der Waals surface area contributed by atoms with E-state index >= 15 is 0 Å². The normalized spacial score (nSPS) is 17.9. The van der Waals surface area contributed by atoms with E-state index in [2.05, 4.69) is 25.8 Å². The summed E-state index contributed by atoms with van der Waals surface area (Å²) in [5.74, 6) is 2.24. The number of hydrogen-bond acceptors (Lipinski definition) is 6. The van der Waals surface area contributed by atoms with Crippen molar-refractivity contribution in [2.45, 2.75) is 25.7 Å². The van der Waals surface area contributed by atoms with E-state index < -0.39 is 0 Å². The molecule has 0 spiro atoms. The van der Waals surface area contributed by atoms with E-state index in [0.717, 1.165) is 43.5 Å². The van der Waals surface area contributed by atoms with Crippen LogP contribution in [-0.4, -0.2) is 41.1 Å². The predicted octanol–water partition coefficient (Wildman–Crippen LogP) is 3.27. The average molecular weight is 353 g/mol. The molecule has 3 heterocycles. The molecule has 0 atom stereocenters. The minimum Gasteiger partial charge on any atom is -0.423 e. The molecule has 0 amide bonds. The standard InChI is InChI=1S/C19H20FN5O/c1-12-10-17(23-18(21-12)13-2-3-13)24-6-8-25(9-7-24)19-22-15-5-4-14(20)11-16(15)26-19/h4-5,10-11,13H,2-3,6-9H2,1H3. The molecule has 26 heavy (non-hydrogen) atoms. The number of halogens is 1. The summed E-state index contributed by atoms with van der Waals surface area (Å²) >= 11 is 0. The van der Waals surface area contributed by atoms with Gasteiger partial charge in [-0.15, -0.1) is 0 Å². The Morgan fingerprint density at radius 1 is 1.00 bits per heavy atom. The van der Waals surface area contributed by atoms with Crippen LogP contribution in [0.5, 0.6) is 0 Å². The topological polar surface area (TPSA) is 58.3 Å². The number of oxazole rings is 1. The third-order valence-electron chi connectivity index (χ3n) is 5.01. The Bertz CT molecular complexity index is 960. The maximum absolute atomic E-state index is 13.3. The van der Waals surface area contributed by atoms with Crippen molar-refractivity contribution in [3.05, 3.63) is 41.6 Å². The number of nitrogens with zero attached hydrogens (tertiary/aromatic N) is 5. The number of fused-ring (bicyclic) bond motifs is 1. The van der Waals surface area contributed by atoms with Crippen LogP contribution in [0.1, 0.15) is 30.3 Å². The smallest absolute Gasteiger partial charge is 0.298 e. The van der Waals surface area contributed by atoms with Crippen molar-refractivity contribution in [2.24, 2.45) is 0 Å². The Balaban J connectivity index is 1.32. The zero-order valence-electron chi connectivity index (χ0n) is 14.7. The van der Waals surface area contributed by atoms with Gasteiger partial charge >= 0.3 is 0 Å². The number of anilines is 2. The highest BCUT2D eigenvalue weighted by Crippen LogP contribution is 2.38. The van der Waals surface area contributed by atoms with E-state index in [4.69, 9.17) is 9.40 Å². The SMILES string of the molecule is Cc1cc(N2CCN(c3nc4ccc(F)cc4o3)CC2)nc(C2CC2)n1. The van der Waals surface area contributed by atoms with Crippen molar-refractivity contribution in [1.29, 1.82) is 0 Å². The summed E-state index contributed by atoms with van der Waals surface area (Å²) in [6.45, 7) is 5.29. The lowest BCUT2D eigenvalue weighted by Gasteiger charge is -2.34. The van der Waals surface area contributed by atoms with Crippen LogP contribution in [0, 0.1) is 12.7 Å². The Hall–Kier alpha value is -2.70. The summed E-state index contributed by atoms with van der Waals surface area (Å²) in [6.07, 6.45) is 2.41. The van der Waals surface area contributed by atoms with Crippen LogP contribution < -0.4 is 9.80 Å². The minimum absolute atomic E-state index is 0.310. The Morgan fingerprint density at radius 3 is 2.54 bits per heavy atom. The molecule has 1 aliphatic carbocycles. The molecule has 1 saturated carbocycles. The summed E-state index contributed by atoms with van der Waals surface area (Å²) in [6, 6.07) is 7.05. The number of hydrogen-bond donors (Lipinski definition) is 0. The molecule has 6 nitrogen and oxygen atoms in total. The molecule has 1 saturated heterocycles. The lowest BCUT2D eigenvalue weighted by molar-refractivity contribution is 0.538. The summed E-state index contributed by atoms with van der Waals surface area (Å²) < 4.78 is 19.1. The van der Waals surface area contributed by atoms with Gasteiger partial charge in [-0.25, -0.2) is 14.4 Å². The Kier molecular flexibility index (Phi) is 3.55. The fraction of sp³-hybridized carbons (Fsp3) is 0.421. The molecule has 1 aromatic carbocycles. The van der Waals surface area contributed by atoms with E-state index in [-0.39, 0.29) is 5.82 Å². The van der Waals surface area contributed by atoms with Gasteiger partial charge < -0.3 is 14.2 Å². The van der Waals surface area contributed by atoms with Gasteiger partial charge in [0.15, 0.2) is 5.58 Å². The average Bonchev–Trinajstić information content (AvgIpc) is 3.41. The van der Waals surface area contributed by atoms with Crippen LogP contribution in [0.15, 0.2) is 28.7 Å². The van der Waals surface area contributed by atoms with Gasteiger partial charge in [-0.05, 0) is 31.9 Å². The maximum atomic E-state index is 13.3. The van der Waals surface area contributed by atoms with E-state index in [9.17, 15) is 4.39 Å². The molecule has 134 valence electrons. The van der Waals surface area contributed by atoms with E-state index in [1.165, 1.54) is 25.0 Å². The molecule has 0 N–H and O–H groups in total. The lowest BCUT2D eigenvalue weighted by Crippen LogP contribution is -2.47. The van der Waals surface area contributed by atoms with Crippen LogP contribution in [0.3, 0.4) is 0 Å². The maximum Gasteiger partial charge on any atom is 0.298 e. The molecule has 2 aliphatic rings. The number of benzene rings is 1. The number of aromatic nitrogens is 3. The van der Waals surface area contributed by atoms with Gasteiger partial charge in [-0.3, -0.25) is 0 Å². The zero-order valence-corrected chi connectivity index (χ0v) is 14.7. The van der Waals surface area contributed by atoms with Crippen LogP contribution in [0.4, 0.5) is 16.2 Å². The molecule has 0 unspecified atom stereocenters. The highest BCUT2D eigenvalue weighted by atomic mass is 19.1. The monoisotopic (exact) mass is 353 g/mol. The fourth-order valence-corrected chi connectivity index (χ4v) is 3.41. The summed E-state index contributed by atoms with van der Waals surface area (Å²) in [5, 5.41) is 0. The van der Waals surface area contributed by atoms with Crippen molar-refractivity contribution in [3.63, 3.8) is 0 Å². The van der Waals surface area contributed by atoms with Crippen molar-refractivity contribution < 1.29 is 8.81 Å². The van der Waals surface area contributed by atoms with Crippen molar-refractivity contribution in [2.75, 3.05) is 36.0 Å². The van der Waals surface area contributed by atoms with Gasteiger partial charge in [0.05, 0.1) is 0 Å². The van der Waals surface area contributed by atoms with Crippen molar-refractivity contribution >= 4 is 22.9 Å². The van der Waals surface area contributed by atoms with Crippen molar-refractivity contribution in [1.82, 2.24) is 15.0 Å². The minimum atomic E-state index is -0.310. The molecule has 7 heteroatoms. The lowest BCUT2D eigenvalue weighted by atomic mass is 10.3. The molecule has 0 radical (unpaired) electrons. The van der Waals surface area contributed by atoms with E-state index in [1.54, 1.807) is 6.07 Å². The number of aryl methyl sites for hydroxylation is 1. The largest absolute Gasteiger partial charge is 0.423 e. The molecule has 2 aromatic heterocycles. The second kappa shape index (κ2) is 5.93. The third-order valence-corrected chi connectivity index (χ3v) is 5.01. The first-order chi connectivity index (χ1) is 12.7. The Morgan fingerprint density at radius 2 is 1.77 bits per heavy atom. The van der Waals surface area contributed by atoms with Gasteiger partial charge in [0, 0.05) is 49.9 Å². The van der Waals surface area contributed by atoms with Crippen LogP contribution in [0.25, 0.3) is 11.1 Å². The number of piperazine rings is 1. The second-order valence-corrected chi connectivity index (χ2v) is 7.08. The van der Waals surface area contributed by atoms with Gasteiger partial charge in [0.2, 0.25) is 0 Å². The van der Waals surface area contributed by atoms with Gasteiger partial charge in [0.1, 0.15) is 23.0 Å². The van der Waals surface area contributed by atoms with Gasteiger partial charge in [-0.1, -0.05) is 0 Å². The van der Waals surface area contributed by atoms with E-state index in [0.29, 0.717) is 23.0 Å². The van der Waals surface area contributed by atoms with Crippen LogP contribution in [-0.2, 0) is 0 Å². The highest BCUT2D eigenvalue weighted by Gasteiger charge is 2.28. The first-order valence-electron chi connectivity index (χ1n) is 9.07. The van der Waals surface area contributed by atoms with Crippen molar-refractivity contribution in [3.8, 4) is 0 Å². The molecule has 0 bridgehead atoms. The molecular weight excluding hydrogens is 333 g/mol. The molecule has 2 fully saturated rings. The zero-order chi connectivity index (χ0) is 17.7. The summed E-state index contributed by atoms with van der Waals surface area (Å²) in [5.41, 5.74) is 2.20. The fourth-order valence-electron chi connectivity index (χ4n) is 3.41. The Labute approximate surface area is 150 Å².